The van der Waals surface area contributed by atoms with Crippen molar-refractivity contribution < 1.29 is 4.74 Å². The van der Waals surface area contributed by atoms with Gasteiger partial charge in [-0.15, -0.1) is 0 Å². The Kier molecular flexibility index (Phi) is 2.87. The lowest BCUT2D eigenvalue weighted by Gasteiger charge is -2.39. The largest absolute Gasteiger partial charge is 0.370 e. The van der Waals surface area contributed by atoms with E-state index in [0.29, 0.717) is 5.92 Å². The van der Waals surface area contributed by atoms with Crippen LogP contribution in [0.1, 0.15) is 61.8 Å². The number of methoxy groups -OCH3 is 1. The van der Waals surface area contributed by atoms with E-state index in [9.17, 15) is 0 Å². The van der Waals surface area contributed by atoms with Crippen LogP contribution in [0.25, 0.3) is 0 Å². The van der Waals surface area contributed by atoms with Gasteiger partial charge in [0.2, 0.25) is 0 Å². The van der Waals surface area contributed by atoms with E-state index in [4.69, 9.17) is 14.7 Å². The van der Waals surface area contributed by atoms with Crippen molar-refractivity contribution in [2.24, 2.45) is 0 Å². The standard InChI is InChI=1S/C14H21N3O/c1-9(2)12-10-7-15-8-11(10)16-13(17-12)14(18-3)5-4-6-14/h9,15H,4-8H2,1-3H3. The summed E-state index contributed by atoms with van der Waals surface area (Å²) in [5, 5.41) is 3.37. The maximum absolute atomic E-state index is 5.71. The predicted octanol–water partition coefficient (Wildman–Crippen LogP) is 2.23. The summed E-state index contributed by atoms with van der Waals surface area (Å²) < 4.78 is 5.71. The van der Waals surface area contributed by atoms with Crippen molar-refractivity contribution >= 4 is 0 Å². The average molecular weight is 247 g/mol. The molecule has 98 valence electrons. The average Bonchev–Trinajstić information content (AvgIpc) is 2.75. The molecule has 0 aromatic carbocycles. The Morgan fingerprint density at radius 2 is 2.00 bits per heavy atom. The van der Waals surface area contributed by atoms with Gasteiger partial charge in [0.05, 0.1) is 11.4 Å². The van der Waals surface area contributed by atoms with E-state index >= 15 is 0 Å². The molecule has 2 heterocycles. The van der Waals surface area contributed by atoms with E-state index in [1.165, 1.54) is 23.4 Å². The second-order valence-electron chi connectivity index (χ2n) is 5.67. The quantitative estimate of drug-likeness (QED) is 0.889. The van der Waals surface area contributed by atoms with Crippen molar-refractivity contribution in [2.75, 3.05) is 7.11 Å². The maximum atomic E-state index is 5.71. The van der Waals surface area contributed by atoms with Gasteiger partial charge in [-0.25, -0.2) is 9.97 Å². The van der Waals surface area contributed by atoms with Crippen molar-refractivity contribution in [1.82, 2.24) is 15.3 Å². The van der Waals surface area contributed by atoms with Gasteiger partial charge in [0.15, 0.2) is 5.82 Å². The Labute approximate surface area is 108 Å². The summed E-state index contributed by atoms with van der Waals surface area (Å²) in [5.41, 5.74) is 3.47. The number of rotatable bonds is 3. The molecular weight excluding hydrogens is 226 g/mol. The van der Waals surface area contributed by atoms with Gasteiger partial charge >= 0.3 is 0 Å². The van der Waals surface area contributed by atoms with Crippen LogP contribution in [0.2, 0.25) is 0 Å². The van der Waals surface area contributed by atoms with Crippen LogP contribution in [-0.2, 0) is 23.4 Å². The zero-order valence-electron chi connectivity index (χ0n) is 11.4. The highest BCUT2D eigenvalue weighted by Gasteiger charge is 2.42. The molecule has 0 unspecified atom stereocenters. The fourth-order valence-corrected chi connectivity index (χ4v) is 2.89. The van der Waals surface area contributed by atoms with Gasteiger partial charge < -0.3 is 10.1 Å². The van der Waals surface area contributed by atoms with Gasteiger partial charge in [0.1, 0.15) is 5.60 Å². The Bertz CT molecular complexity index is 461. The zero-order chi connectivity index (χ0) is 12.8. The van der Waals surface area contributed by atoms with Crippen molar-refractivity contribution in [3.05, 3.63) is 22.8 Å². The van der Waals surface area contributed by atoms with Crippen LogP contribution in [-0.4, -0.2) is 17.1 Å². The summed E-state index contributed by atoms with van der Waals surface area (Å²) >= 11 is 0. The first-order valence-electron chi connectivity index (χ1n) is 6.82. The number of aromatic nitrogens is 2. The van der Waals surface area contributed by atoms with Gasteiger partial charge in [-0.1, -0.05) is 13.8 Å². The summed E-state index contributed by atoms with van der Waals surface area (Å²) in [6.45, 7) is 6.17. The molecule has 1 N–H and O–H groups in total. The van der Waals surface area contributed by atoms with Crippen molar-refractivity contribution in [2.45, 2.75) is 57.7 Å². The molecule has 1 aliphatic carbocycles. The molecule has 4 nitrogen and oxygen atoms in total. The van der Waals surface area contributed by atoms with Crippen LogP contribution >= 0.6 is 0 Å². The van der Waals surface area contributed by atoms with Crippen LogP contribution in [0.5, 0.6) is 0 Å². The minimum absolute atomic E-state index is 0.207. The first-order valence-corrected chi connectivity index (χ1v) is 6.82. The normalized spacial score (nSPS) is 20.9. The molecule has 1 saturated carbocycles. The number of hydrogen-bond acceptors (Lipinski definition) is 4. The fraction of sp³-hybridized carbons (Fsp3) is 0.714. The van der Waals surface area contributed by atoms with E-state index in [2.05, 4.69) is 19.2 Å². The van der Waals surface area contributed by atoms with E-state index in [1.54, 1.807) is 7.11 Å². The highest BCUT2D eigenvalue weighted by Crippen LogP contribution is 2.43. The topological polar surface area (TPSA) is 47.0 Å². The molecule has 3 rings (SSSR count). The highest BCUT2D eigenvalue weighted by molar-refractivity contribution is 5.32. The van der Waals surface area contributed by atoms with Gasteiger partial charge in [-0.3, -0.25) is 0 Å². The molecule has 1 aromatic rings. The summed E-state index contributed by atoms with van der Waals surface area (Å²) in [6, 6.07) is 0. The Morgan fingerprint density at radius 1 is 1.22 bits per heavy atom. The van der Waals surface area contributed by atoms with E-state index in [0.717, 1.165) is 31.8 Å². The summed E-state index contributed by atoms with van der Waals surface area (Å²) in [6.07, 6.45) is 3.31. The Hall–Kier alpha value is -1.00. The number of fused-ring (bicyclic) bond motifs is 1. The van der Waals surface area contributed by atoms with Crippen molar-refractivity contribution in [1.29, 1.82) is 0 Å². The van der Waals surface area contributed by atoms with Crippen LogP contribution in [0.3, 0.4) is 0 Å². The van der Waals surface area contributed by atoms with Gasteiger partial charge in [0.25, 0.3) is 0 Å². The Morgan fingerprint density at radius 3 is 2.56 bits per heavy atom. The van der Waals surface area contributed by atoms with E-state index in [-0.39, 0.29) is 5.60 Å². The lowest BCUT2D eigenvalue weighted by molar-refractivity contribution is -0.0849. The molecule has 0 atom stereocenters. The third kappa shape index (κ3) is 1.67. The molecule has 1 fully saturated rings. The minimum atomic E-state index is -0.207. The summed E-state index contributed by atoms with van der Waals surface area (Å²) in [5.74, 6) is 1.34. The minimum Gasteiger partial charge on any atom is -0.370 e. The molecule has 1 aromatic heterocycles. The number of hydrogen-bond donors (Lipinski definition) is 1. The second-order valence-corrected chi connectivity index (χ2v) is 5.67. The Balaban J connectivity index is 2.09. The summed E-state index contributed by atoms with van der Waals surface area (Å²) in [7, 11) is 1.78. The summed E-state index contributed by atoms with van der Waals surface area (Å²) in [4.78, 5) is 9.60. The molecule has 18 heavy (non-hydrogen) atoms. The second kappa shape index (κ2) is 4.28. The monoisotopic (exact) mass is 247 g/mol. The molecule has 4 heteroatoms. The molecule has 0 radical (unpaired) electrons. The zero-order valence-corrected chi connectivity index (χ0v) is 11.4. The van der Waals surface area contributed by atoms with Gasteiger partial charge in [0, 0.05) is 25.8 Å². The number of nitrogens with one attached hydrogen (secondary N) is 1. The van der Waals surface area contributed by atoms with Crippen LogP contribution in [0, 0.1) is 0 Å². The van der Waals surface area contributed by atoms with E-state index < -0.39 is 0 Å². The number of ether oxygens (including phenoxy) is 1. The lowest BCUT2D eigenvalue weighted by atomic mass is 9.79. The van der Waals surface area contributed by atoms with Crippen LogP contribution in [0.15, 0.2) is 0 Å². The van der Waals surface area contributed by atoms with Crippen LogP contribution in [0.4, 0.5) is 0 Å². The SMILES string of the molecule is COC1(c2nc3c(c(C(C)C)n2)CNC3)CCC1. The molecule has 1 aliphatic heterocycles. The third-order valence-corrected chi connectivity index (χ3v) is 4.23. The molecule has 0 bridgehead atoms. The molecular formula is C14H21N3O. The third-order valence-electron chi connectivity index (χ3n) is 4.23. The van der Waals surface area contributed by atoms with Crippen molar-refractivity contribution in [3.8, 4) is 0 Å². The smallest absolute Gasteiger partial charge is 0.160 e. The molecule has 0 amide bonds. The highest BCUT2D eigenvalue weighted by atomic mass is 16.5. The first-order chi connectivity index (χ1) is 8.66. The fourth-order valence-electron chi connectivity index (χ4n) is 2.89. The van der Waals surface area contributed by atoms with Crippen LogP contribution < -0.4 is 5.32 Å². The van der Waals surface area contributed by atoms with Gasteiger partial charge in [-0.05, 0) is 25.2 Å². The number of nitrogens with zero attached hydrogens (tertiary/aromatic N) is 2. The maximum Gasteiger partial charge on any atom is 0.160 e. The predicted molar refractivity (Wildman–Crippen MR) is 69.2 cm³/mol. The lowest BCUT2D eigenvalue weighted by Crippen LogP contribution is -2.38. The first kappa shape index (κ1) is 12.1. The molecule has 0 spiro atoms. The van der Waals surface area contributed by atoms with Gasteiger partial charge in [-0.2, -0.15) is 0 Å². The van der Waals surface area contributed by atoms with Crippen molar-refractivity contribution in [3.63, 3.8) is 0 Å². The van der Waals surface area contributed by atoms with E-state index in [1.807, 2.05) is 0 Å². The molecule has 2 aliphatic rings. The molecule has 0 saturated heterocycles.